The number of para-hydroxylation sites is 1. The number of hydrogen-bond donors (Lipinski definition) is 2. The first-order valence-electron chi connectivity index (χ1n) is 7.63. The molecule has 1 amide bonds. The highest BCUT2D eigenvalue weighted by atomic mass is 19.4. The fourth-order valence-corrected chi connectivity index (χ4v) is 2.17. The third-order valence-electron chi connectivity index (χ3n) is 3.43. The van der Waals surface area contributed by atoms with Crippen LogP contribution in [0.15, 0.2) is 65.7 Å². The summed E-state index contributed by atoms with van der Waals surface area (Å²) >= 11 is 0. The predicted octanol–water partition coefficient (Wildman–Crippen LogP) is 3.83. The number of anilines is 1. The van der Waals surface area contributed by atoms with E-state index >= 15 is 0 Å². The molecule has 0 aliphatic carbocycles. The lowest BCUT2D eigenvalue weighted by Crippen LogP contribution is -2.14. The molecule has 0 radical (unpaired) electrons. The van der Waals surface area contributed by atoms with Crippen molar-refractivity contribution in [2.75, 3.05) is 5.32 Å². The van der Waals surface area contributed by atoms with Gasteiger partial charge in [-0.3, -0.25) is 9.59 Å². The van der Waals surface area contributed by atoms with Crippen molar-refractivity contribution < 1.29 is 22.7 Å². The van der Waals surface area contributed by atoms with E-state index in [-0.39, 0.29) is 22.6 Å². The molecule has 0 spiro atoms. The van der Waals surface area contributed by atoms with E-state index in [0.29, 0.717) is 5.69 Å². The number of nitrogens with zero attached hydrogens (tertiary/aromatic N) is 1. The monoisotopic (exact) mass is 375 g/mol. The molecule has 0 saturated carbocycles. The number of hydrogen-bond acceptors (Lipinski definition) is 4. The summed E-state index contributed by atoms with van der Waals surface area (Å²) in [7, 11) is 0. The summed E-state index contributed by atoms with van der Waals surface area (Å²) in [5.74, 6) is -0.328. The number of benzene rings is 1. The number of amides is 1. The maximum atomic E-state index is 12.6. The van der Waals surface area contributed by atoms with Crippen LogP contribution in [-0.4, -0.2) is 15.9 Å². The number of pyridine rings is 2. The quantitative estimate of drug-likeness (QED) is 0.726. The number of aromatic nitrogens is 2. The molecule has 0 atom stereocenters. The first kappa shape index (κ1) is 18.2. The Bertz CT molecular complexity index is 994. The van der Waals surface area contributed by atoms with Gasteiger partial charge in [0.25, 0.3) is 5.91 Å². The lowest BCUT2D eigenvalue weighted by molar-refractivity contribution is -0.141. The van der Waals surface area contributed by atoms with Gasteiger partial charge in [0.2, 0.25) is 5.56 Å². The SMILES string of the molecule is O=C(Nc1ccc(=O)[nH]c1)c1ccccc1Oc1ccc(C(F)(F)F)nc1. The second-order valence-corrected chi connectivity index (χ2v) is 5.37. The lowest BCUT2D eigenvalue weighted by Gasteiger charge is -2.12. The largest absolute Gasteiger partial charge is 0.455 e. The summed E-state index contributed by atoms with van der Waals surface area (Å²) in [6.07, 6.45) is -2.28. The molecule has 1 aromatic carbocycles. The summed E-state index contributed by atoms with van der Waals surface area (Å²) in [6.45, 7) is 0. The zero-order chi connectivity index (χ0) is 19.4. The van der Waals surface area contributed by atoms with Crippen molar-refractivity contribution in [1.29, 1.82) is 0 Å². The zero-order valence-corrected chi connectivity index (χ0v) is 13.6. The highest BCUT2D eigenvalue weighted by Crippen LogP contribution is 2.30. The molecule has 0 aliphatic heterocycles. The average molecular weight is 375 g/mol. The molecule has 2 N–H and O–H groups in total. The minimum atomic E-state index is -4.55. The van der Waals surface area contributed by atoms with Crippen LogP contribution in [0.1, 0.15) is 16.1 Å². The molecule has 0 aliphatic rings. The van der Waals surface area contributed by atoms with Crippen LogP contribution >= 0.6 is 0 Å². The summed E-state index contributed by atoms with van der Waals surface area (Å²) < 4.78 is 43.2. The number of ether oxygens (including phenoxy) is 1. The van der Waals surface area contributed by atoms with Crippen molar-refractivity contribution in [1.82, 2.24) is 9.97 Å². The second kappa shape index (κ2) is 7.32. The third-order valence-corrected chi connectivity index (χ3v) is 3.43. The first-order chi connectivity index (χ1) is 12.8. The summed E-state index contributed by atoms with van der Waals surface area (Å²) in [5, 5.41) is 2.59. The molecule has 27 heavy (non-hydrogen) atoms. The molecule has 0 fully saturated rings. The number of aromatic amines is 1. The maximum absolute atomic E-state index is 12.6. The van der Waals surface area contributed by atoms with E-state index in [1.54, 1.807) is 12.1 Å². The van der Waals surface area contributed by atoms with Crippen molar-refractivity contribution in [2.24, 2.45) is 0 Å². The summed E-state index contributed by atoms with van der Waals surface area (Å²) in [6, 6.07) is 10.8. The Hall–Kier alpha value is -3.62. The van der Waals surface area contributed by atoms with Crippen LogP contribution in [0.4, 0.5) is 18.9 Å². The second-order valence-electron chi connectivity index (χ2n) is 5.37. The van der Waals surface area contributed by atoms with Gasteiger partial charge in [-0.2, -0.15) is 13.2 Å². The zero-order valence-electron chi connectivity index (χ0n) is 13.6. The van der Waals surface area contributed by atoms with Crippen LogP contribution in [0.5, 0.6) is 11.5 Å². The van der Waals surface area contributed by atoms with Crippen LogP contribution in [-0.2, 0) is 6.18 Å². The Morgan fingerprint density at radius 2 is 1.85 bits per heavy atom. The normalized spacial score (nSPS) is 11.1. The number of carbonyl (C=O) groups is 1. The molecule has 0 bridgehead atoms. The first-order valence-corrected chi connectivity index (χ1v) is 7.63. The van der Waals surface area contributed by atoms with Gasteiger partial charge in [-0.15, -0.1) is 0 Å². The fourth-order valence-electron chi connectivity index (χ4n) is 2.17. The molecule has 0 unspecified atom stereocenters. The molecule has 3 rings (SSSR count). The Labute approximate surface area is 150 Å². The minimum absolute atomic E-state index is 0.0484. The standard InChI is InChI=1S/C18H12F3N3O3/c19-18(20,21)15-7-6-12(10-22-15)27-14-4-2-1-3-13(14)17(26)24-11-5-8-16(25)23-9-11/h1-10H,(H,23,25)(H,24,26). The smallest absolute Gasteiger partial charge is 0.433 e. The van der Waals surface area contributed by atoms with Crippen molar-refractivity contribution >= 4 is 11.6 Å². The topological polar surface area (TPSA) is 84.1 Å². The Morgan fingerprint density at radius 3 is 2.48 bits per heavy atom. The van der Waals surface area contributed by atoms with E-state index in [1.807, 2.05) is 0 Å². The molecule has 3 aromatic rings. The van der Waals surface area contributed by atoms with Crippen LogP contribution in [0.25, 0.3) is 0 Å². The molecule has 2 aromatic heterocycles. The van der Waals surface area contributed by atoms with Gasteiger partial charge < -0.3 is 15.0 Å². The van der Waals surface area contributed by atoms with Gasteiger partial charge in [0.05, 0.1) is 17.4 Å². The number of alkyl halides is 3. The van der Waals surface area contributed by atoms with Crippen molar-refractivity contribution in [2.45, 2.75) is 6.18 Å². The highest BCUT2D eigenvalue weighted by Gasteiger charge is 2.32. The molecule has 6 nitrogen and oxygen atoms in total. The number of rotatable bonds is 4. The van der Waals surface area contributed by atoms with E-state index in [9.17, 15) is 22.8 Å². The minimum Gasteiger partial charge on any atom is -0.455 e. The summed E-state index contributed by atoms with van der Waals surface area (Å²) in [4.78, 5) is 29.2. The lowest BCUT2D eigenvalue weighted by atomic mass is 10.2. The highest BCUT2D eigenvalue weighted by molar-refractivity contribution is 6.06. The fraction of sp³-hybridized carbons (Fsp3) is 0.0556. The summed E-state index contributed by atoms with van der Waals surface area (Å²) in [5.41, 5.74) is -0.834. The predicted molar refractivity (Wildman–Crippen MR) is 90.8 cm³/mol. The number of halogens is 3. The number of carbonyl (C=O) groups excluding carboxylic acids is 1. The number of H-pyrrole nitrogens is 1. The van der Waals surface area contributed by atoms with Crippen molar-refractivity contribution in [3.8, 4) is 11.5 Å². The van der Waals surface area contributed by atoms with Crippen LogP contribution < -0.4 is 15.6 Å². The number of nitrogens with one attached hydrogen (secondary N) is 2. The van der Waals surface area contributed by atoms with E-state index < -0.39 is 17.8 Å². The molecule has 0 saturated heterocycles. The van der Waals surface area contributed by atoms with Crippen molar-refractivity contribution in [3.63, 3.8) is 0 Å². The van der Waals surface area contributed by atoms with Crippen LogP contribution in [0, 0.1) is 0 Å². The van der Waals surface area contributed by atoms with Gasteiger partial charge in [0, 0.05) is 12.3 Å². The van der Waals surface area contributed by atoms with Gasteiger partial charge in [0.1, 0.15) is 17.2 Å². The van der Waals surface area contributed by atoms with Gasteiger partial charge in [-0.25, -0.2) is 4.98 Å². The molecular formula is C18H12F3N3O3. The van der Waals surface area contributed by atoms with Crippen molar-refractivity contribution in [3.05, 3.63) is 82.5 Å². The van der Waals surface area contributed by atoms with E-state index in [0.717, 1.165) is 18.3 Å². The van der Waals surface area contributed by atoms with Gasteiger partial charge in [0.15, 0.2) is 0 Å². The van der Waals surface area contributed by atoms with E-state index in [1.165, 1.54) is 30.5 Å². The Morgan fingerprint density at radius 1 is 1.07 bits per heavy atom. The van der Waals surface area contributed by atoms with Gasteiger partial charge in [-0.05, 0) is 30.3 Å². The average Bonchev–Trinajstić information content (AvgIpc) is 2.64. The molecular weight excluding hydrogens is 363 g/mol. The molecule has 9 heteroatoms. The van der Waals surface area contributed by atoms with E-state index in [2.05, 4.69) is 15.3 Å². The molecule has 2 heterocycles. The maximum Gasteiger partial charge on any atom is 0.433 e. The van der Waals surface area contributed by atoms with Crippen LogP contribution in [0.2, 0.25) is 0 Å². The van der Waals surface area contributed by atoms with Crippen LogP contribution in [0.3, 0.4) is 0 Å². The third kappa shape index (κ3) is 4.51. The van der Waals surface area contributed by atoms with E-state index in [4.69, 9.17) is 4.74 Å². The Kier molecular flexibility index (Phi) is 4.93. The molecule has 138 valence electrons. The Balaban J connectivity index is 1.80. The van der Waals surface area contributed by atoms with Gasteiger partial charge >= 0.3 is 6.18 Å². The van der Waals surface area contributed by atoms with Gasteiger partial charge in [-0.1, -0.05) is 12.1 Å².